The summed E-state index contributed by atoms with van der Waals surface area (Å²) in [6.45, 7) is 4.97. The number of esters is 1. The highest BCUT2D eigenvalue weighted by Gasteiger charge is 2.22. The molecule has 1 atom stereocenters. The number of ether oxygens (including phenoxy) is 2. The van der Waals surface area contributed by atoms with Crippen molar-refractivity contribution in [3.05, 3.63) is 33.4 Å². The van der Waals surface area contributed by atoms with Crippen molar-refractivity contribution in [3.63, 3.8) is 0 Å². The average molecular weight is 250 g/mol. The molecule has 1 aromatic heterocycles. The predicted octanol–water partition coefficient (Wildman–Crippen LogP) is 1.68. The van der Waals surface area contributed by atoms with E-state index in [9.17, 15) is 9.59 Å². The standard InChI is InChI=1S/C13H14O5/c1-7-4-12-11(13(15)17-7)5-10(8(2)18-12)6-16-9(3)14/h4-5,8H,6H2,1-3H3. The lowest BCUT2D eigenvalue weighted by atomic mass is 10.0. The number of rotatable bonds is 2. The lowest BCUT2D eigenvalue weighted by molar-refractivity contribution is -0.140. The minimum absolute atomic E-state index is 0.114. The van der Waals surface area contributed by atoms with E-state index in [1.165, 1.54) is 6.92 Å². The highest BCUT2D eigenvalue weighted by Crippen LogP contribution is 2.28. The first-order valence-corrected chi connectivity index (χ1v) is 5.62. The van der Waals surface area contributed by atoms with Crippen LogP contribution in [0.2, 0.25) is 0 Å². The maximum atomic E-state index is 11.7. The smallest absolute Gasteiger partial charge is 0.346 e. The van der Waals surface area contributed by atoms with Gasteiger partial charge in [0.25, 0.3) is 0 Å². The van der Waals surface area contributed by atoms with Crippen LogP contribution in [0.15, 0.2) is 20.9 Å². The third-order valence-corrected chi connectivity index (χ3v) is 2.67. The van der Waals surface area contributed by atoms with E-state index < -0.39 is 5.63 Å². The van der Waals surface area contributed by atoms with Gasteiger partial charge in [0.05, 0.1) is 0 Å². The van der Waals surface area contributed by atoms with Crippen LogP contribution in [0, 0.1) is 6.92 Å². The van der Waals surface area contributed by atoms with Crippen molar-refractivity contribution in [2.24, 2.45) is 0 Å². The van der Waals surface area contributed by atoms with Gasteiger partial charge >= 0.3 is 11.6 Å². The zero-order valence-corrected chi connectivity index (χ0v) is 10.5. The molecule has 0 radical (unpaired) electrons. The fraction of sp³-hybridized carbons (Fsp3) is 0.385. The Labute approximate surface area is 104 Å². The first-order valence-electron chi connectivity index (χ1n) is 5.62. The molecule has 0 aromatic carbocycles. The van der Waals surface area contributed by atoms with Gasteiger partial charge in [-0.15, -0.1) is 0 Å². The molecule has 5 nitrogen and oxygen atoms in total. The maximum Gasteiger partial charge on any atom is 0.346 e. The number of aryl methyl sites for hydroxylation is 1. The molecule has 0 aliphatic carbocycles. The normalized spacial score (nSPS) is 17.5. The van der Waals surface area contributed by atoms with Gasteiger partial charge in [0, 0.05) is 18.6 Å². The Balaban J connectivity index is 2.36. The monoisotopic (exact) mass is 250 g/mol. The van der Waals surface area contributed by atoms with E-state index in [0.29, 0.717) is 17.1 Å². The molecule has 0 fully saturated rings. The molecule has 0 saturated carbocycles. The first kappa shape index (κ1) is 12.4. The molecule has 0 saturated heterocycles. The Morgan fingerprint density at radius 3 is 2.89 bits per heavy atom. The number of carbonyl (C=O) groups is 1. The Bertz CT molecular complexity index is 567. The average Bonchev–Trinajstić information content (AvgIpc) is 2.26. The van der Waals surface area contributed by atoms with Crippen LogP contribution >= 0.6 is 0 Å². The summed E-state index contributed by atoms with van der Waals surface area (Å²) in [6, 6.07) is 1.67. The molecule has 1 aliphatic rings. The lowest BCUT2D eigenvalue weighted by Gasteiger charge is -2.23. The van der Waals surface area contributed by atoms with Crippen molar-refractivity contribution in [1.82, 2.24) is 0 Å². The Morgan fingerprint density at radius 2 is 2.22 bits per heavy atom. The third kappa shape index (κ3) is 2.45. The van der Waals surface area contributed by atoms with Crippen LogP contribution in [0.4, 0.5) is 0 Å². The van der Waals surface area contributed by atoms with Gasteiger partial charge in [-0.05, 0) is 19.9 Å². The van der Waals surface area contributed by atoms with Gasteiger partial charge < -0.3 is 13.9 Å². The molecule has 5 heteroatoms. The number of hydrogen-bond donors (Lipinski definition) is 0. The van der Waals surface area contributed by atoms with E-state index in [1.54, 1.807) is 19.1 Å². The van der Waals surface area contributed by atoms with Crippen molar-refractivity contribution >= 4 is 12.0 Å². The molecule has 0 spiro atoms. The molecule has 18 heavy (non-hydrogen) atoms. The molecule has 0 N–H and O–H groups in total. The van der Waals surface area contributed by atoms with E-state index in [4.69, 9.17) is 13.9 Å². The molecule has 96 valence electrons. The molecule has 1 aromatic rings. The van der Waals surface area contributed by atoms with Crippen LogP contribution in [-0.4, -0.2) is 18.7 Å². The van der Waals surface area contributed by atoms with Gasteiger partial charge in [-0.3, -0.25) is 4.79 Å². The largest absolute Gasteiger partial charge is 0.485 e. The second kappa shape index (κ2) is 4.68. The summed E-state index contributed by atoms with van der Waals surface area (Å²) in [6.07, 6.45) is 1.43. The molecule has 1 unspecified atom stereocenters. The summed E-state index contributed by atoms with van der Waals surface area (Å²) >= 11 is 0. The van der Waals surface area contributed by atoms with Crippen molar-refractivity contribution in [3.8, 4) is 5.75 Å². The van der Waals surface area contributed by atoms with E-state index in [2.05, 4.69) is 0 Å². The maximum absolute atomic E-state index is 11.7. The summed E-state index contributed by atoms with van der Waals surface area (Å²) in [5.74, 6) is 0.635. The van der Waals surface area contributed by atoms with E-state index in [0.717, 1.165) is 5.57 Å². The van der Waals surface area contributed by atoms with Crippen molar-refractivity contribution in [2.45, 2.75) is 26.9 Å². The molecular weight excluding hydrogens is 236 g/mol. The van der Waals surface area contributed by atoms with Gasteiger partial charge in [0.1, 0.15) is 29.8 Å². The van der Waals surface area contributed by atoms with Gasteiger partial charge in [0.2, 0.25) is 0 Å². The zero-order chi connectivity index (χ0) is 13.3. The fourth-order valence-corrected chi connectivity index (χ4v) is 1.73. The van der Waals surface area contributed by atoms with E-state index >= 15 is 0 Å². The molecular formula is C13H14O5. The summed E-state index contributed by atoms with van der Waals surface area (Å²) in [4.78, 5) is 22.5. The second-order valence-corrected chi connectivity index (χ2v) is 4.18. The summed E-state index contributed by atoms with van der Waals surface area (Å²) < 4.78 is 15.5. The SMILES string of the molecule is CC(=O)OCC1=Cc2c(cc(C)oc2=O)OC1C. The Hall–Kier alpha value is -2.04. The van der Waals surface area contributed by atoms with Crippen LogP contribution in [0.25, 0.3) is 6.08 Å². The Kier molecular flexibility index (Phi) is 3.23. The summed E-state index contributed by atoms with van der Waals surface area (Å²) in [5, 5.41) is 0. The Morgan fingerprint density at radius 1 is 1.50 bits per heavy atom. The van der Waals surface area contributed by atoms with Crippen LogP contribution < -0.4 is 10.4 Å². The van der Waals surface area contributed by atoms with Crippen LogP contribution in [0.1, 0.15) is 25.2 Å². The number of hydrogen-bond acceptors (Lipinski definition) is 5. The zero-order valence-electron chi connectivity index (χ0n) is 10.5. The van der Waals surface area contributed by atoms with Crippen LogP contribution in [-0.2, 0) is 9.53 Å². The number of fused-ring (bicyclic) bond motifs is 1. The lowest BCUT2D eigenvalue weighted by Crippen LogP contribution is -2.25. The van der Waals surface area contributed by atoms with Gasteiger partial charge in [-0.1, -0.05) is 0 Å². The highest BCUT2D eigenvalue weighted by molar-refractivity contribution is 5.67. The molecule has 0 amide bonds. The minimum atomic E-state index is -0.447. The van der Waals surface area contributed by atoms with Gasteiger partial charge in [0.15, 0.2) is 0 Å². The fourth-order valence-electron chi connectivity index (χ4n) is 1.73. The third-order valence-electron chi connectivity index (χ3n) is 2.67. The van der Waals surface area contributed by atoms with Gasteiger partial charge in [-0.2, -0.15) is 0 Å². The predicted molar refractivity (Wildman–Crippen MR) is 64.4 cm³/mol. The molecule has 2 heterocycles. The first-order chi connectivity index (χ1) is 8.47. The second-order valence-electron chi connectivity index (χ2n) is 4.18. The molecule has 0 bridgehead atoms. The van der Waals surface area contributed by atoms with E-state index in [-0.39, 0.29) is 18.7 Å². The van der Waals surface area contributed by atoms with Crippen LogP contribution in [0.5, 0.6) is 5.75 Å². The van der Waals surface area contributed by atoms with E-state index in [1.807, 2.05) is 6.92 Å². The minimum Gasteiger partial charge on any atom is -0.485 e. The quantitative estimate of drug-likeness (QED) is 0.747. The topological polar surface area (TPSA) is 65.7 Å². The molecule has 2 rings (SSSR count). The summed E-state index contributed by atoms with van der Waals surface area (Å²) in [5.41, 5.74) is 0.645. The molecule has 1 aliphatic heterocycles. The van der Waals surface area contributed by atoms with Gasteiger partial charge in [-0.25, -0.2) is 4.79 Å². The highest BCUT2D eigenvalue weighted by atomic mass is 16.5. The van der Waals surface area contributed by atoms with Crippen molar-refractivity contribution in [1.29, 1.82) is 0 Å². The van der Waals surface area contributed by atoms with Crippen LogP contribution in [0.3, 0.4) is 0 Å². The van der Waals surface area contributed by atoms with Crippen molar-refractivity contribution < 1.29 is 18.7 Å². The summed E-state index contributed by atoms with van der Waals surface area (Å²) in [7, 11) is 0. The van der Waals surface area contributed by atoms with Crippen molar-refractivity contribution in [2.75, 3.05) is 6.61 Å². The number of carbonyl (C=O) groups excluding carboxylic acids is 1.